The monoisotopic (exact) mass is 817 g/mol. The molecule has 1 atom stereocenters. The van der Waals surface area contributed by atoms with Crippen molar-refractivity contribution >= 4 is 11.9 Å². The number of carbonyl (C=O) groups is 2. The average Bonchev–Trinajstić information content (AvgIpc) is 3.23. The van der Waals surface area contributed by atoms with E-state index in [0.717, 1.165) is 38.5 Å². The molecule has 0 saturated carbocycles. The van der Waals surface area contributed by atoms with Crippen LogP contribution in [0.3, 0.4) is 0 Å². The largest absolute Gasteiger partial charge is 0.462 e. The van der Waals surface area contributed by atoms with Crippen LogP contribution < -0.4 is 0 Å². The van der Waals surface area contributed by atoms with Crippen molar-refractivity contribution in [2.24, 2.45) is 0 Å². The van der Waals surface area contributed by atoms with Gasteiger partial charge < -0.3 is 14.6 Å². The van der Waals surface area contributed by atoms with E-state index in [1.807, 2.05) is 0 Å². The van der Waals surface area contributed by atoms with Gasteiger partial charge in [0.15, 0.2) is 6.10 Å². The number of rotatable bonds is 48. The van der Waals surface area contributed by atoms with Gasteiger partial charge in [0.05, 0.1) is 6.61 Å². The number of unbranched alkanes of at least 4 members (excludes halogenated alkanes) is 36. The van der Waals surface area contributed by atoms with Crippen molar-refractivity contribution in [1.82, 2.24) is 0 Å². The molecule has 0 amide bonds. The van der Waals surface area contributed by atoms with Gasteiger partial charge in [-0.2, -0.15) is 0 Å². The van der Waals surface area contributed by atoms with Crippen LogP contribution in [0, 0.1) is 0 Å². The summed E-state index contributed by atoms with van der Waals surface area (Å²) in [5.74, 6) is -0.573. The van der Waals surface area contributed by atoms with Crippen LogP contribution in [0.15, 0.2) is 24.3 Å². The lowest BCUT2D eigenvalue weighted by atomic mass is 10.0. The van der Waals surface area contributed by atoms with E-state index >= 15 is 0 Å². The number of hydrogen-bond donors (Lipinski definition) is 1. The summed E-state index contributed by atoms with van der Waals surface area (Å²) in [6.45, 7) is 4.17. The molecule has 0 aromatic rings. The molecule has 0 aliphatic rings. The highest BCUT2D eigenvalue weighted by Gasteiger charge is 2.16. The lowest BCUT2D eigenvalue weighted by Gasteiger charge is -2.15. The van der Waals surface area contributed by atoms with Gasteiger partial charge in [-0.3, -0.25) is 9.59 Å². The summed E-state index contributed by atoms with van der Waals surface area (Å²) >= 11 is 0. The van der Waals surface area contributed by atoms with Gasteiger partial charge in [-0.15, -0.1) is 0 Å². The van der Waals surface area contributed by atoms with Gasteiger partial charge in [0.25, 0.3) is 0 Å². The van der Waals surface area contributed by atoms with Gasteiger partial charge in [0.1, 0.15) is 6.61 Å². The quantitative estimate of drug-likeness (QED) is 0.0376. The van der Waals surface area contributed by atoms with E-state index in [2.05, 4.69) is 38.2 Å². The smallest absolute Gasteiger partial charge is 0.306 e. The Bertz CT molecular complexity index is 882. The minimum absolute atomic E-state index is 0.0595. The summed E-state index contributed by atoms with van der Waals surface area (Å²) in [5, 5.41) is 9.62. The van der Waals surface area contributed by atoms with Gasteiger partial charge in [0, 0.05) is 12.8 Å². The second-order valence-electron chi connectivity index (χ2n) is 17.6. The Hall–Kier alpha value is -1.62. The molecule has 58 heavy (non-hydrogen) atoms. The standard InChI is InChI=1S/C53H100O5/c1-3-5-7-9-11-13-15-17-19-21-22-23-24-25-26-27-28-29-30-32-34-36-38-40-42-44-46-48-53(56)58-51(49-54)50-57-52(55)47-45-43-41-39-37-35-33-31-20-18-16-14-12-10-8-6-4-2/h15,17,21-22,51,54H,3-14,16,18-20,23-50H2,1-2H3/b17-15-,22-21-. The highest BCUT2D eigenvalue weighted by atomic mass is 16.6. The van der Waals surface area contributed by atoms with E-state index in [1.165, 1.54) is 218 Å². The fourth-order valence-electron chi connectivity index (χ4n) is 7.82. The molecule has 0 rings (SSSR count). The summed E-state index contributed by atoms with van der Waals surface area (Å²) < 4.78 is 10.7. The van der Waals surface area contributed by atoms with Crippen LogP contribution in [0.2, 0.25) is 0 Å². The fourth-order valence-corrected chi connectivity index (χ4v) is 7.82. The van der Waals surface area contributed by atoms with Crippen LogP contribution in [-0.2, 0) is 19.1 Å². The Labute approximate surface area is 362 Å². The third-order valence-electron chi connectivity index (χ3n) is 11.7. The topological polar surface area (TPSA) is 72.8 Å². The zero-order chi connectivity index (χ0) is 42.1. The Morgan fingerprint density at radius 1 is 0.397 bits per heavy atom. The minimum atomic E-state index is -0.767. The number of esters is 2. The van der Waals surface area contributed by atoms with Crippen molar-refractivity contribution in [1.29, 1.82) is 0 Å². The van der Waals surface area contributed by atoms with E-state index < -0.39 is 6.10 Å². The summed E-state index contributed by atoms with van der Waals surface area (Å²) in [6.07, 6.45) is 61.3. The first kappa shape index (κ1) is 56.4. The number of aliphatic hydroxyl groups is 1. The Morgan fingerprint density at radius 2 is 0.690 bits per heavy atom. The van der Waals surface area contributed by atoms with Crippen LogP contribution in [0.1, 0.15) is 284 Å². The normalized spacial score (nSPS) is 12.3. The van der Waals surface area contributed by atoms with Crippen molar-refractivity contribution in [2.45, 2.75) is 290 Å². The molecular weight excluding hydrogens is 717 g/mol. The van der Waals surface area contributed by atoms with Crippen molar-refractivity contribution in [3.8, 4) is 0 Å². The fraction of sp³-hybridized carbons (Fsp3) is 0.887. The number of hydrogen-bond acceptors (Lipinski definition) is 5. The molecule has 0 radical (unpaired) electrons. The van der Waals surface area contributed by atoms with E-state index in [1.54, 1.807) is 0 Å². The summed E-state index contributed by atoms with van der Waals surface area (Å²) in [7, 11) is 0. The number of ether oxygens (including phenoxy) is 2. The third kappa shape index (κ3) is 47.1. The molecule has 0 aromatic carbocycles. The molecule has 0 aliphatic carbocycles. The van der Waals surface area contributed by atoms with E-state index in [9.17, 15) is 14.7 Å². The zero-order valence-corrected chi connectivity index (χ0v) is 39.1. The van der Waals surface area contributed by atoms with E-state index in [4.69, 9.17) is 9.47 Å². The molecule has 0 aliphatic heterocycles. The van der Waals surface area contributed by atoms with Crippen molar-refractivity contribution in [2.75, 3.05) is 13.2 Å². The molecule has 0 spiro atoms. The van der Waals surface area contributed by atoms with Gasteiger partial charge in [0.2, 0.25) is 0 Å². The maximum atomic E-state index is 12.3. The van der Waals surface area contributed by atoms with Crippen LogP contribution in [-0.4, -0.2) is 36.4 Å². The second kappa shape index (κ2) is 49.7. The number of allylic oxidation sites excluding steroid dienone is 4. The molecule has 1 N–H and O–H groups in total. The summed E-state index contributed by atoms with van der Waals surface area (Å²) in [5.41, 5.74) is 0. The Kier molecular flexibility index (Phi) is 48.4. The van der Waals surface area contributed by atoms with Gasteiger partial charge in [-0.05, 0) is 44.9 Å². The SMILES string of the molecule is CCCCCCC/C=C\C/C=C\CCCCCCCCCCCCCCCCCC(=O)OC(CO)COC(=O)CCCCCCCCCCCCCCCCCCC. The van der Waals surface area contributed by atoms with Gasteiger partial charge >= 0.3 is 11.9 Å². The number of aliphatic hydroxyl groups excluding tert-OH is 1. The first-order valence-electron chi connectivity index (χ1n) is 25.9. The second-order valence-corrected chi connectivity index (χ2v) is 17.6. The first-order valence-corrected chi connectivity index (χ1v) is 25.9. The molecule has 1 unspecified atom stereocenters. The van der Waals surface area contributed by atoms with E-state index in [0.29, 0.717) is 12.8 Å². The summed E-state index contributed by atoms with van der Waals surface area (Å²) in [4.78, 5) is 24.4. The highest BCUT2D eigenvalue weighted by molar-refractivity contribution is 5.70. The van der Waals surface area contributed by atoms with Crippen molar-refractivity contribution < 1.29 is 24.2 Å². The molecule has 0 fully saturated rings. The van der Waals surface area contributed by atoms with Crippen LogP contribution in [0.25, 0.3) is 0 Å². The van der Waals surface area contributed by atoms with Crippen LogP contribution in [0.4, 0.5) is 0 Å². The molecular formula is C53H100O5. The molecule has 5 nitrogen and oxygen atoms in total. The average molecular weight is 817 g/mol. The van der Waals surface area contributed by atoms with Crippen molar-refractivity contribution in [3.05, 3.63) is 24.3 Å². The first-order chi connectivity index (χ1) is 28.6. The number of carbonyl (C=O) groups excluding carboxylic acids is 2. The van der Waals surface area contributed by atoms with E-state index in [-0.39, 0.29) is 25.2 Å². The highest BCUT2D eigenvalue weighted by Crippen LogP contribution is 2.17. The van der Waals surface area contributed by atoms with Gasteiger partial charge in [-0.25, -0.2) is 0 Å². The maximum Gasteiger partial charge on any atom is 0.306 e. The van der Waals surface area contributed by atoms with Crippen LogP contribution >= 0.6 is 0 Å². The summed E-state index contributed by atoms with van der Waals surface area (Å²) in [6, 6.07) is 0. The Morgan fingerprint density at radius 3 is 1.02 bits per heavy atom. The molecule has 0 aromatic heterocycles. The van der Waals surface area contributed by atoms with Crippen LogP contribution in [0.5, 0.6) is 0 Å². The molecule has 0 saturated heterocycles. The lowest BCUT2D eigenvalue weighted by Crippen LogP contribution is -2.28. The molecule has 5 heteroatoms. The molecule has 342 valence electrons. The predicted octanol–water partition coefficient (Wildman–Crippen LogP) is 17.0. The lowest BCUT2D eigenvalue weighted by molar-refractivity contribution is -0.161. The molecule has 0 bridgehead atoms. The van der Waals surface area contributed by atoms with Gasteiger partial charge in [-0.1, -0.05) is 250 Å². The zero-order valence-electron chi connectivity index (χ0n) is 39.1. The Balaban J connectivity index is 3.44. The third-order valence-corrected chi connectivity index (χ3v) is 11.7. The molecule has 0 heterocycles. The van der Waals surface area contributed by atoms with Crippen molar-refractivity contribution in [3.63, 3.8) is 0 Å². The predicted molar refractivity (Wildman–Crippen MR) is 251 cm³/mol. The maximum absolute atomic E-state index is 12.3. The minimum Gasteiger partial charge on any atom is -0.462 e.